The Labute approximate surface area is 180 Å². The summed E-state index contributed by atoms with van der Waals surface area (Å²) >= 11 is 1.29. The Balaban J connectivity index is 1.66. The lowest BCUT2D eigenvalue weighted by atomic mass is 10.1. The molecule has 0 fully saturated rings. The molecule has 0 saturated heterocycles. The number of rotatable bonds is 9. The second-order valence-corrected chi connectivity index (χ2v) is 7.80. The van der Waals surface area contributed by atoms with Crippen LogP contribution in [-0.2, 0) is 17.7 Å². The van der Waals surface area contributed by atoms with E-state index in [9.17, 15) is 9.59 Å². The number of thiophene rings is 1. The highest BCUT2D eigenvalue weighted by atomic mass is 32.1. The molecule has 0 N–H and O–H groups in total. The fraction of sp³-hybridized carbons (Fsp3) is 0.304. The van der Waals surface area contributed by atoms with E-state index in [4.69, 9.17) is 14.2 Å². The molecule has 0 unspecified atom stereocenters. The first-order valence-electron chi connectivity index (χ1n) is 9.56. The molecule has 0 aliphatic heterocycles. The summed E-state index contributed by atoms with van der Waals surface area (Å²) in [5.41, 5.74) is 3.54. The number of Topliss-reactive ketones (excluding diaryl/α,β-unsaturated/α-hetero) is 1. The van der Waals surface area contributed by atoms with Crippen LogP contribution in [0.3, 0.4) is 0 Å². The number of aryl methyl sites for hydroxylation is 2. The number of esters is 1. The molecule has 2 aromatic heterocycles. The minimum absolute atomic E-state index is 0.203. The first-order valence-corrected chi connectivity index (χ1v) is 10.4. The highest BCUT2D eigenvalue weighted by Gasteiger charge is 2.18. The van der Waals surface area contributed by atoms with Crippen LogP contribution in [0.4, 0.5) is 0 Å². The van der Waals surface area contributed by atoms with Crippen LogP contribution in [-0.4, -0.2) is 37.1 Å². The number of benzene rings is 1. The van der Waals surface area contributed by atoms with Gasteiger partial charge in [0, 0.05) is 23.5 Å². The van der Waals surface area contributed by atoms with Gasteiger partial charge in [-0.3, -0.25) is 4.79 Å². The topological polar surface area (TPSA) is 66.8 Å². The number of carbonyl (C=O) groups excluding carboxylic acids is 2. The summed E-state index contributed by atoms with van der Waals surface area (Å²) < 4.78 is 17.9. The lowest BCUT2D eigenvalue weighted by Crippen LogP contribution is -2.14. The Bertz CT molecular complexity index is 1040. The zero-order chi connectivity index (χ0) is 21.7. The third kappa shape index (κ3) is 4.74. The van der Waals surface area contributed by atoms with Crippen molar-refractivity contribution in [2.75, 3.05) is 20.8 Å². The molecular formula is C23H25NO5S. The van der Waals surface area contributed by atoms with Crippen molar-refractivity contribution in [3.05, 3.63) is 69.2 Å². The predicted octanol–water partition coefficient (Wildman–Crippen LogP) is 4.47. The van der Waals surface area contributed by atoms with Crippen molar-refractivity contribution in [2.24, 2.45) is 0 Å². The number of hydrogen-bond acceptors (Lipinski definition) is 6. The fourth-order valence-corrected chi connectivity index (χ4v) is 4.00. The van der Waals surface area contributed by atoms with Crippen LogP contribution in [0.1, 0.15) is 37.0 Å². The number of methoxy groups -OCH3 is 2. The van der Waals surface area contributed by atoms with Crippen LogP contribution in [0, 0.1) is 13.8 Å². The van der Waals surface area contributed by atoms with Crippen LogP contribution in [0.25, 0.3) is 0 Å². The van der Waals surface area contributed by atoms with Gasteiger partial charge in [0.05, 0.1) is 14.2 Å². The van der Waals surface area contributed by atoms with Crippen molar-refractivity contribution in [2.45, 2.75) is 26.8 Å². The third-order valence-electron chi connectivity index (χ3n) is 5.00. The van der Waals surface area contributed by atoms with Crippen molar-refractivity contribution in [1.29, 1.82) is 0 Å². The molecule has 30 heavy (non-hydrogen) atoms. The number of nitrogens with zero attached hydrogens (tertiary/aromatic N) is 1. The molecule has 0 bridgehead atoms. The SMILES string of the molecule is COc1ccc(CCn2c(C)cc(C(=O)COC(=O)c3cccs3)c2C)cc1OC. The van der Waals surface area contributed by atoms with E-state index in [0.717, 1.165) is 29.9 Å². The number of carbonyl (C=O) groups is 2. The number of ketones is 1. The van der Waals surface area contributed by atoms with E-state index < -0.39 is 5.97 Å². The van der Waals surface area contributed by atoms with Gasteiger partial charge in [0.2, 0.25) is 5.78 Å². The van der Waals surface area contributed by atoms with Gasteiger partial charge in [0.15, 0.2) is 18.1 Å². The van der Waals surface area contributed by atoms with Crippen molar-refractivity contribution >= 4 is 23.1 Å². The van der Waals surface area contributed by atoms with Crippen LogP contribution in [0.2, 0.25) is 0 Å². The molecule has 0 saturated carbocycles. The lowest BCUT2D eigenvalue weighted by Gasteiger charge is -2.12. The average molecular weight is 428 g/mol. The van der Waals surface area contributed by atoms with Gasteiger partial charge in [-0.25, -0.2) is 4.79 Å². The van der Waals surface area contributed by atoms with Crippen molar-refractivity contribution < 1.29 is 23.8 Å². The number of aromatic nitrogens is 1. The molecule has 0 spiro atoms. The van der Waals surface area contributed by atoms with Gasteiger partial charge in [-0.1, -0.05) is 12.1 Å². The van der Waals surface area contributed by atoms with Crippen LogP contribution < -0.4 is 9.47 Å². The molecule has 158 valence electrons. The quantitative estimate of drug-likeness (QED) is 0.372. The van der Waals surface area contributed by atoms with E-state index in [-0.39, 0.29) is 12.4 Å². The highest BCUT2D eigenvalue weighted by Crippen LogP contribution is 2.28. The van der Waals surface area contributed by atoms with E-state index in [0.29, 0.717) is 21.9 Å². The standard InChI is InChI=1S/C23H25NO5S/c1-15-12-18(19(25)14-29-23(26)22-6-5-11-30-22)16(2)24(15)10-9-17-7-8-20(27-3)21(13-17)28-4/h5-8,11-13H,9-10,14H2,1-4H3. The second-order valence-electron chi connectivity index (χ2n) is 6.85. The molecule has 0 aliphatic rings. The molecule has 0 amide bonds. The lowest BCUT2D eigenvalue weighted by molar-refractivity contribution is 0.0479. The van der Waals surface area contributed by atoms with E-state index in [2.05, 4.69) is 4.57 Å². The summed E-state index contributed by atoms with van der Waals surface area (Å²) in [6.07, 6.45) is 0.776. The van der Waals surface area contributed by atoms with E-state index in [1.54, 1.807) is 31.7 Å². The van der Waals surface area contributed by atoms with Crippen LogP contribution in [0.15, 0.2) is 41.8 Å². The zero-order valence-corrected chi connectivity index (χ0v) is 18.4. The Hall–Kier alpha value is -3.06. The van der Waals surface area contributed by atoms with Gasteiger partial charge < -0.3 is 18.8 Å². The fourth-order valence-electron chi connectivity index (χ4n) is 3.38. The van der Waals surface area contributed by atoms with Crippen LogP contribution >= 0.6 is 11.3 Å². The monoisotopic (exact) mass is 427 g/mol. The molecule has 3 aromatic rings. The summed E-state index contributed by atoms with van der Waals surface area (Å²) in [6, 6.07) is 11.2. The summed E-state index contributed by atoms with van der Waals surface area (Å²) in [6.45, 7) is 4.33. The summed E-state index contributed by atoms with van der Waals surface area (Å²) in [5, 5.41) is 1.80. The van der Waals surface area contributed by atoms with Gasteiger partial charge in [-0.05, 0) is 55.5 Å². The molecule has 0 aliphatic carbocycles. The van der Waals surface area contributed by atoms with Gasteiger partial charge in [-0.15, -0.1) is 11.3 Å². The maximum absolute atomic E-state index is 12.6. The van der Waals surface area contributed by atoms with Crippen molar-refractivity contribution in [3.8, 4) is 11.5 Å². The zero-order valence-electron chi connectivity index (χ0n) is 17.6. The minimum Gasteiger partial charge on any atom is -0.493 e. The maximum atomic E-state index is 12.6. The Kier molecular flexibility index (Phi) is 6.95. The first kappa shape index (κ1) is 21.6. The molecule has 7 heteroatoms. The maximum Gasteiger partial charge on any atom is 0.348 e. The van der Waals surface area contributed by atoms with Gasteiger partial charge in [0.25, 0.3) is 0 Å². The van der Waals surface area contributed by atoms with Gasteiger partial charge in [0.1, 0.15) is 4.88 Å². The predicted molar refractivity (Wildman–Crippen MR) is 116 cm³/mol. The molecule has 0 atom stereocenters. The molecule has 2 heterocycles. The first-order chi connectivity index (χ1) is 14.4. The van der Waals surface area contributed by atoms with Crippen molar-refractivity contribution in [3.63, 3.8) is 0 Å². The minimum atomic E-state index is -0.472. The molecular weight excluding hydrogens is 402 g/mol. The third-order valence-corrected chi connectivity index (χ3v) is 5.85. The Morgan fingerprint density at radius 3 is 2.47 bits per heavy atom. The van der Waals surface area contributed by atoms with E-state index in [1.807, 2.05) is 38.1 Å². The average Bonchev–Trinajstić information content (AvgIpc) is 3.39. The van der Waals surface area contributed by atoms with Crippen LogP contribution in [0.5, 0.6) is 11.5 Å². The molecule has 6 nitrogen and oxygen atoms in total. The normalized spacial score (nSPS) is 10.7. The molecule has 1 aromatic carbocycles. The Morgan fingerprint density at radius 2 is 1.80 bits per heavy atom. The second kappa shape index (κ2) is 9.63. The number of hydrogen-bond donors (Lipinski definition) is 0. The van der Waals surface area contributed by atoms with E-state index in [1.165, 1.54) is 11.3 Å². The summed E-state index contributed by atoms with van der Waals surface area (Å²) in [5.74, 6) is 0.713. The highest BCUT2D eigenvalue weighted by molar-refractivity contribution is 7.11. The smallest absolute Gasteiger partial charge is 0.348 e. The van der Waals surface area contributed by atoms with Crippen molar-refractivity contribution in [1.82, 2.24) is 4.57 Å². The summed E-state index contributed by atoms with van der Waals surface area (Å²) in [4.78, 5) is 25.1. The Morgan fingerprint density at radius 1 is 1.03 bits per heavy atom. The summed E-state index contributed by atoms with van der Waals surface area (Å²) in [7, 11) is 3.23. The molecule has 3 rings (SSSR count). The number of ether oxygens (including phenoxy) is 3. The van der Waals surface area contributed by atoms with Gasteiger partial charge >= 0.3 is 5.97 Å². The van der Waals surface area contributed by atoms with E-state index >= 15 is 0 Å². The molecule has 0 radical (unpaired) electrons. The largest absolute Gasteiger partial charge is 0.493 e. The van der Waals surface area contributed by atoms with Gasteiger partial charge in [-0.2, -0.15) is 0 Å².